The van der Waals surface area contributed by atoms with E-state index in [9.17, 15) is 5.11 Å². The Labute approximate surface area is 130 Å². The molecule has 4 heteroatoms. The highest BCUT2D eigenvalue weighted by Crippen LogP contribution is 2.29. The highest BCUT2D eigenvalue weighted by molar-refractivity contribution is 7.13. The summed E-state index contributed by atoms with van der Waals surface area (Å²) >= 11 is 1.64. The summed E-state index contributed by atoms with van der Waals surface area (Å²) in [6.45, 7) is 3.92. The van der Waals surface area contributed by atoms with Crippen LogP contribution in [-0.4, -0.2) is 23.2 Å². The molecular weight excluding hydrogens is 280 g/mol. The minimum absolute atomic E-state index is 0.467. The van der Waals surface area contributed by atoms with Crippen LogP contribution in [0.5, 0.6) is 0 Å². The predicted molar refractivity (Wildman–Crippen MR) is 87.8 cm³/mol. The number of piperidine rings is 1. The zero-order valence-electron chi connectivity index (χ0n) is 12.4. The average Bonchev–Trinajstić information content (AvgIpc) is 2.99. The van der Waals surface area contributed by atoms with Crippen LogP contribution in [0.3, 0.4) is 0 Å². The molecule has 1 aliphatic rings. The number of rotatable bonds is 4. The number of thiazole rings is 1. The van der Waals surface area contributed by atoms with Gasteiger partial charge in [0.15, 0.2) is 5.13 Å². The fourth-order valence-electron chi connectivity index (χ4n) is 2.89. The third kappa shape index (κ3) is 3.63. The molecular formula is C17H22N2OS. The SMILES string of the molecule is CC(O)c1csc(N2CCC(Cc3ccccc3)CC2)n1. The molecule has 0 spiro atoms. The molecule has 1 aromatic carbocycles. The first-order valence-corrected chi connectivity index (χ1v) is 8.52. The number of hydrogen-bond donors (Lipinski definition) is 1. The largest absolute Gasteiger partial charge is 0.387 e. The van der Waals surface area contributed by atoms with Crippen molar-refractivity contribution in [1.29, 1.82) is 0 Å². The van der Waals surface area contributed by atoms with E-state index in [1.165, 1.54) is 24.8 Å². The van der Waals surface area contributed by atoms with Crippen LogP contribution in [0.2, 0.25) is 0 Å². The first-order valence-electron chi connectivity index (χ1n) is 7.64. The van der Waals surface area contributed by atoms with Gasteiger partial charge < -0.3 is 10.0 Å². The molecule has 0 bridgehead atoms. The molecule has 1 saturated heterocycles. The van der Waals surface area contributed by atoms with E-state index < -0.39 is 6.10 Å². The summed E-state index contributed by atoms with van der Waals surface area (Å²) in [4.78, 5) is 6.90. The Bertz CT molecular complexity index is 559. The maximum atomic E-state index is 9.57. The van der Waals surface area contributed by atoms with Gasteiger partial charge in [-0.25, -0.2) is 4.98 Å². The van der Waals surface area contributed by atoms with E-state index >= 15 is 0 Å². The van der Waals surface area contributed by atoms with Crippen LogP contribution in [0.1, 0.15) is 37.1 Å². The van der Waals surface area contributed by atoms with E-state index in [2.05, 4.69) is 40.2 Å². The lowest BCUT2D eigenvalue weighted by Gasteiger charge is -2.31. The van der Waals surface area contributed by atoms with E-state index in [0.29, 0.717) is 0 Å². The first kappa shape index (κ1) is 14.5. The Kier molecular flexibility index (Phi) is 4.56. The van der Waals surface area contributed by atoms with E-state index in [1.54, 1.807) is 18.3 Å². The van der Waals surface area contributed by atoms with Gasteiger partial charge in [0.1, 0.15) is 0 Å². The first-order chi connectivity index (χ1) is 10.2. The Balaban J connectivity index is 1.55. The second-order valence-corrected chi connectivity index (χ2v) is 6.69. The number of aliphatic hydroxyl groups is 1. The van der Waals surface area contributed by atoms with Gasteiger partial charge in [-0.05, 0) is 37.7 Å². The van der Waals surface area contributed by atoms with Crippen molar-refractivity contribution in [1.82, 2.24) is 4.98 Å². The lowest BCUT2D eigenvalue weighted by Crippen LogP contribution is -2.34. The average molecular weight is 302 g/mol. The molecule has 3 nitrogen and oxygen atoms in total. The standard InChI is InChI=1S/C17H22N2OS/c1-13(20)16-12-21-17(18-16)19-9-7-15(8-10-19)11-14-5-3-2-4-6-14/h2-6,12-13,15,20H,7-11H2,1H3. The molecule has 1 atom stereocenters. The lowest BCUT2D eigenvalue weighted by atomic mass is 9.90. The van der Waals surface area contributed by atoms with Gasteiger partial charge in [0.2, 0.25) is 0 Å². The van der Waals surface area contributed by atoms with E-state index in [4.69, 9.17) is 0 Å². The van der Waals surface area contributed by atoms with Crippen LogP contribution in [0.25, 0.3) is 0 Å². The topological polar surface area (TPSA) is 36.4 Å². The maximum Gasteiger partial charge on any atom is 0.185 e. The van der Waals surface area contributed by atoms with Gasteiger partial charge in [-0.3, -0.25) is 0 Å². The molecule has 21 heavy (non-hydrogen) atoms. The van der Waals surface area contributed by atoms with Gasteiger partial charge in [0.25, 0.3) is 0 Å². The smallest absolute Gasteiger partial charge is 0.185 e. The van der Waals surface area contributed by atoms with Crippen molar-refractivity contribution < 1.29 is 5.11 Å². The summed E-state index contributed by atoms with van der Waals surface area (Å²) in [5.74, 6) is 0.778. The van der Waals surface area contributed by atoms with Crippen molar-refractivity contribution in [2.75, 3.05) is 18.0 Å². The Morgan fingerprint density at radius 1 is 1.29 bits per heavy atom. The molecule has 2 aromatic rings. The highest BCUT2D eigenvalue weighted by atomic mass is 32.1. The zero-order chi connectivity index (χ0) is 14.7. The molecule has 0 aliphatic carbocycles. The zero-order valence-corrected chi connectivity index (χ0v) is 13.2. The van der Waals surface area contributed by atoms with Gasteiger partial charge in [-0.2, -0.15) is 0 Å². The molecule has 3 rings (SSSR count). The fourth-order valence-corrected chi connectivity index (χ4v) is 3.85. The van der Waals surface area contributed by atoms with Crippen molar-refractivity contribution in [2.24, 2.45) is 5.92 Å². The number of aromatic nitrogens is 1. The Hall–Kier alpha value is -1.39. The molecule has 0 amide bonds. The lowest BCUT2D eigenvalue weighted by molar-refractivity contribution is 0.195. The molecule has 0 radical (unpaired) electrons. The van der Waals surface area contributed by atoms with Crippen LogP contribution in [0, 0.1) is 5.92 Å². The molecule has 1 N–H and O–H groups in total. The quantitative estimate of drug-likeness (QED) is 0.936. The molecule has 1 unspecified atom stereocenters. The molecule has 1 aliphatic heterocycles. The van der Waals surface area contributed by atoms with Gasteiger partial charge in [0.05, 0.1) is 11.8 Å². The number of aliphatic hydroxyl groups excluding tert-OH is 1. The summed E-state index contributed by atoms with van der Waals surface area (Å²) in [5, 5.41) is 12.6. The van der Waals surface area contributed by atoms with Crippen molar-refractivity contribution in [3.63, 3.8) is 0 Å². The number of hydrogen-bond acceptors (Lipinski definition) is 4. The van der Waals surface area contributed by atoms with Crippen LogP contribution in [-0.2, 0) is 6.42 Å². The summed E-state index contributed by atoms with van der Waals surface area (Å²) in [7, 11) is 0. The molecule has 1 aromatic heterocycles. The fraction of sp³-hybridized carbons (Fsp3) is 0.471. The van der Waals surface area contributed by atoms with Crippen LogP contribution in [0.4, 0.5) is 5.13 Å². The predicted octanol–water partition coefficient (Wildman–Crippen LogP) is 3.66. The number of benzene rings is 1. The van der Waals surface area contributed by atoms with Crippen LogP contribution < -0.4 is 4.90 Å². The van der Waals surface area contributed by atoms with Gasteiger partial charge in [0, 0.05) is 18.5 Å². The second kappa shape index (κ2) is 6.58. The minimum atomic E-state index is -0.467. The number of nitrogens with zero attached hydrogens (tertiary/aromatic N) is 2. The van der Waals surface area contributed by atoms with Crippen LogP contribution >= 0.6 is 11.3 Å². The van der Waals surface area contributed by atoms with E-state index in [1.807, 2.05) is 5.38 Å². The Morgan fingerprint density at radius 3 is 2.62 bits per heavy atom. The van der Waals surface area contributed by atoms with Crippen molar-refractivity contribution in [3.05, 3.63) is 47.0 Å². The monoisotopic (exact) mass is 302 g/mol. The summed E-state index contributed by atoms with van der Waals surface area (Å²) < 4.78 is 0. The molecule has 1 fully saturated rings. The van der Waals surface area contributed by atoms with Crippen LogP contribution in [0.15, 0.2) is 35.7 Å². The normalized spacial score (nSPS) is 17.9. The summed E-state index contributed by atoms with van der Waals surface area (Å²) in [6, 6.07) is 10.8. The van der Waals surface area contributed by atoms with Crippen molar-refractivity contribution in [3.8, 4) is 0 Å². The third-order valence-corrected chi connectivity index (χ3v) is 5.11. The molecule has 2 heterocycles. The maximum absolute atomic E-state index is 9.57. The van der Waals surface area contributed by atoms with Crippen molar-refractivity contribution >= 4 is 16.5 Å². The highest BCUT2D eigenvalue weighted by Gasteiger charge is 2.21. The Morgan fingerprint density at radius 2 is 2.00 bits per heavy atom. The third-order valence-electron chi connectivity index (χ3n) is 4.19. The van der Waals surface area contributed by atoms with Crippen molar-refractivity contribution in [2.45, 2.75) is 32.3 Å². The van der Waals surface area contributed by atoms with E-state index in [0.717, 1.165) is 29.8 Å². The summed E-state index contributed by atoms with van der Waals surface area (Å²) in [5.41, 5.74) is 2.24. The number of anilines is 1. The molecule has 0 saturated carbocycles. The minimum Gasteiger partial charge on any atom is -0.387 e. The van der Waals surface area contributed by atoms with Gasteiger partial charge >= 0.3 is 0 Å². The molecule has 112 valence electrons. The van der Waals surface area contributed by atoms with Gasteiger partial charge in [-0.15, -0.1) is 11.3 Å². The second-order valence-electron chi connectivity index (χ2n) is 5.85. The van der Waals surface area contributed by atoms with Gasteiger partial charge in [-0.1, -0.05) is 30.3 Å². The summed E-state index contributed by atoms with van der Waals surface area (Å²) in [6.07, 6.45) is 3.16. The van der Waals surface area contributed by atoms with E-state index in [-0.39, 0.29) is 0 Å².